The molecule has 0 rings (SSSR count). The van der Waals surface area contributed by atoms with Gasteiger partial charge in [-0.3, -0.25) is 4.79 Å². The van der Waals surface area contributed by atoms with E-state index in [0.29, 0.717) is 0 Å². The Hall–Kier alpha value is -0.570. The van der Waals surface area contributed by atoms with Crippen LogP contribution >= 0.6 is 0 Å². The van der Waals surface area contributed by atoms with Gasteiger partial charge in [0.2, 0.25) is 5.91 Å². The molecule has 96 valence electrons. The van der Waals surface area contributed by atoms with Crippen molar-refractivity contribution >= 4 is 5.91 Å². The van der Waals surface area contributed by atoms with Crippen LogP contribution in [0.5, 0.6) is 0 Å². The Balaban J connectivity index is 3.72. The monoisotopic (exact) mass is 228 g/mol. The number of hydrogen-bond donors (Lipinski definition) is 1. The van der Waals surface area contributed by atoms with Gasteiger partial charge in [0.05, 0.1) is 0 Å². The first kappa shape index (κ1) is 15.4. The van der Waals surface area contributed by atoms with Gasteiger partial charge in [-0.15, -0.1) is 0 Å². The molecule has 3 nitrogen and oxygen atoms in total. The summed E-state index contributed by atoms with van der Waals surface area (Å²) in [5.41, 5.74) is 0.223. The third-order valence-electron chi connectivity index (χ3n) is 2.45. The molecule has 0 spiro atoms. The average molecular weight is 228 g/mol. The maximum atomic E-state index is 11.7. The smallest absolute Gasteiger partial charge is 0.222 e. The Morgan fingerprint density at radius 2 is 1.88 bits per heavy atom. The third kappa shape index (κ3) is 8.72. The van der Waals surface area contributed by atoms with Crippen LogP contribution in [-0.2, 0) is 4.79 Å². The van der Waals surface area contributed by atoms with Crippen molar-refractivity contribution < 1.29 is 4.79 Å². The molecule has 0 aliphatic carbocycles. The molecule has 1 N–H and O–H groups in total. The standard InChI is InChI=1S/C13H28N2O/c1-11(10-13(2,3)4)12(16)14-8-7-9-15(5)6/h11H,7-10H2,1-6H3,(H,14,16). The van der Waals surface area contributed by atoms with Crippen molar-refractivity contribution in [2.75, 3.05) is 27.2 Å². The average Bonchev–Trinajstić information content (AvgIpc) is 2.08. The highest BCUT2D eigenvalue weighted by atomic mass is 16.1. The molecule has 0 saturated heterocycles. The van der Waals surface area contributed by atoms with E-state index in [9.17, 15) is 4.79 Å². The van der Waals surface area contributed by atoms with E-state index in [-0.39, 0.29) is 17.2 Å². The second-order valence-corrected chi connectivity index (χ2v) is 6.11. The van der Waals surface area contributed by atoms with E-state index in [1.165, 1.54) is 0 Å². The van der Waals surface area contributed by atoms with E-state index in [4.69, 9.17) is 0 Å². The maximum Gasteiger partial charge on any atom is 0.222 e. The molecule has 3 heteroatoms. The lowest BCUT2D eigenvalue weighted by Crippen LogP contribution is -2.33. The van der Waals surface area contributed by atoms with Crippen molar-refractivity contribution in [1.29, 1.82) is 0 Å². The van der Waals surface area contributed by atoms with Gasteiger partial charge >= 0.3 is 0 Å². The van der Waals surface area contributed by atoms with Crippen LogP contribution < -0.4 is 5.32 Å². The number of nitrogens with one attached hydrogen (secondary N) is 1. The lowest BCUT2D eigenvalue weighted by atomic mass is 9.85. The van der Waals surface area contributed by atoms with Crippen LogP contribution in [0.15, 0.2) is 0 Å². The van der Waals surface area contributed by atoms with Crippen LogP contribution in [0.4, 0.5) is 0 Å². The predicted molar refractivity (Wildman–Crippen MR) is 69.4 cm³/mol. The molecule has 0 fully saturated rings. The first-order valence-electron chi connectivity index (χ1n) is 6.15. The minimum Gasteiger partial charge on any atom is -0.356 e. The van der Waals surface area contributed by atoms with Crippen molar-refractivity contribution in [3.63, 3.8) is 0 Å². The summed E-state index contributed by atoms with van der Waals surface area (Å²) in [6.07, 6.45) is 1.95. The number of nitrogens with zero attached hydrogens (tertiary/aromatic N) is 1. The zero-order valence-corrected chi connectivity index (χ0v) is 11.8. The largest absolute Gasteiger partial charge is 0.356 e. The highest BCUT2D eigenvalue weighted by Crippen LogP contribution is 2.23. The molecule has 0 aromatic heterocycles. The van der Waals surface area contributed by atoms with E-state index in [1.54, 1.807) is 0 Å². The van der Waals surface area contributed by atoms with E-state index in [1.807, 2.05) is 21.0 Å². The van der Waals surface area contributed by atoms with Gasteiger partial charge in [0, 0.05) is 12.5 Å². The Labute approximate surface area is 101 Å². The Kier molecular flexibility index (Phi) is 6.65. The molecular formula is C13H28N2O. The molecule has 1 unspecified atom stereocenters. The fourth-order valence-corrected chi connectivity index (χ4v) is 1.79. The molecule has 0 bridgehead atoms. The van der Waals surface area contributed by atoms with E-state index in [2.05, 4.69) is 31.0 Å². The summed E-state index contributed by atoms with van der Waals surface area (Å²) in [7, 11) is 4.09. The molecule has 16 heavy (non-hydrogen) atoms. The van der Waals surface area contributed by atoms with Gasteiger partial charge < -0.3 is 10.2 Å². The Morgan fingerprint density at radius 1 is 1.31 bits per heavy atom. The molecule has 0 aliphatic rings. The van der Waals surface area contributed by atoms with Crippen molar-refractivity contribution in [3.05, 3.63) is 0 Å². The van der Waals surface area contributed by atoms with E-state index in [0.717, 1.165) is 25.9 Å². The van der Waals surface area contributed by atoms with Gasteiger partial charge in [-0.25, -0.2) is 0 Å². The molecular weight excluding hydrogens is 200 g/mol. The predicted octanol–water partition coefficient (Wildman–Crippen LogP) is 2.13. The first-order chi connectivity index (χ1) is 7.22. The molecule has 1 amide bonds. The van der Waals surface area contributed by atoms with Crippen LogP contribution in [0.25, 0.3) is 0 Å². The lowest BCUT2D eigenvalue weighted by molar-refractivity contribution is -0.125. The van der Waals surface area contributed by atoms with Crippen LogP contribution in [0, 0.1) is 11.3 Å². The van der Waals surface area contributed by atoms with Gasteiger partial charge in [0.1, 0.15) is 0 Å². The summed E-state index contributed by atoms with van der Waals surface area (Å²) < 4.78 is 0. The number of amides is 1. The highest BCUT2D eigenvalue weighted by molar-refractivity contribution is 5.78. The van der Waals surface area contributed by atoms with Gasteiger partial charge in [-0.1, -0.05) is 27.7 Å². The van der Waals surface area contributed by atoms with E-state index < -0.39 is 0 Å². The van der Waals surface area contributed by atoms with Crippen LogP contribution in [0.2, 0.25) is 0 Å². The number of hydrogen-bond acceptors (Lipinski definition) is 2. The molecule has 0 radical (unpaired) electrons. The molecule has 0 heterocycles. The highest BCUT2D eigenvalue weighted by Gasteiger charge is 2.20. The zero-order valence-electron chi connectivity index (χ0n) is 11.8. The summed E-state index contributed by atoms with van der Waals surface area (Å²) in [5.74, 6) is 0.299. The summed E-state index contributed by atoms with van der Waals surface area (Å²) in [6.45, 7) is 10.3. The fraction of sp³-hybridized carbons (Fsp3) is 0.923. The quantitative estimate of drug-likeness (QED) is 0.706. The van der Waals surface area contributed by atoms with Gasteiger partial charge in [0.15, 0.2) is 0 Å². The van der Waals surface area contributed by atoms with Crippen LogP contribution in [-0.4, -0.2) is 38.0 Å². The second kappa shape index (κ2) is 6.89. The van der Waals surface area contributed by atoms with Crippen LogP contribution in [0.3, 0.4) is 0 Å². The van der Waals surface area contributed by atoms with Crippen LogP contribution in [0.1, 0.15) is 40.5 Å². The summed E-state index contributed by atoms with van der Waals surface area (Å²) >= 11 is 0. The number of carbonyl (C=O) groups is 1. The van der Waals surface area contributed by atoms with Crippen molar-refractivity contribution in [3.8, 4) is 0 Å². The normalized spacial score (nSPS) is 13.9. The minimum atomic E-state index is 0.111. The number of rotatable bonds is 6. The Morgan fingerprint density at radius 3 is 2.31 bits per heavy atom. The summed E-state index contributed by atoms with van der Waals surface area (Å²) in [4.78, 5) is 13.9. The van der Waals surface area contributed by atoms with Gasteiger partial charge in [-0.2, -0.15) is 0 Å². The van der Waals surface area contributed by atoms with Crippen molar-refractivity contribution in [1.82, 2.24) is 10.2 Å². The minimum absolute atomic E-state index is 0.111. The maximum absolute atomic E-state index is 11.7. The Bertz CT molecular complexity index is 206. The van der Waals surface area contributed by atoms with Crippen molar-refractivity contribution in [2.24, 2.45) is 11.3 Å². The third-order valence-corrected chi connectivity index (χ3v) is 2.45. The fourth-order valence-electron chi connectivity index (χ4n) is 1.79. The molecule has 0 aromatic rings. The van der Waals surface area contributed by atoms with Crippen molar-refractivity contribution in [2.45, 2.75) is 40.5 Å². The summed E-state index contributed by atoms with van der Waals surface area (Å²) in [6, 6.07) is 0. The SMILES string of the molecule is CC(CC(C)(C)C)C(=O)NCCCN(C)C. The van der Waals surface area contributed by atoms with Gasteiger partial charge in [-0.05, 0) is 38.9 Å². The molecule has 1 atom stereocenters. The molecule has 0 aliphatic heterocycles. The lowest BCUT2D eigenvalue weighted by Gasteiger charge is -2.22. The number of carbonyl (C=O) groups excluding carboxylic acids is 1. The zero-order chi connectivity index (χ0) is 12.8. The second-order valence-electron chi connectivity index (χ2n) is 6.11. The first-order valence-corrected chi connectivity index (χ1v) is 6.15. The van der Waals surface area contributed by atoms with E-state index >= 15 is 0 Å². The van der Waals surface area contributed by atoms with Gasteiger partial charge in [0.25, 0.3) is 0 Å². The summed E-state index contributed by atoms with van der Waals surface area (Å²) in [5, 5.41) is 2.99. The molecule has 0 aromatic carbocycles. The topological polar surface area (TPSA) is 32.3 Å². The molecule has 0 saturated carbocycles.